The molecule has 2 heterocycles. The van der Waals surface area contributed by atoms with Gasteiger partial charge in [0.05, 0.1) is 0 Å². The third kappa shape index (κ3) is 4.52. The van der Waals surface area contributed by atoms with E-state index >= 15 is 0 Å². The van der Waals surface area contributed by atoms with Crippen molar-refractivity contribution in [2.45, 2.75) is 0 Å². The number of anilines is 1. The molecule has 0 bridgehead atoms. The molecule has 2 aromatic heterocycles. The molecule has 10 aromatic rings. The van der Waals surface area contributed by atoms with E-state index in [4.69, 9.17) is 25.1 Å². The Kier molecular flexibility index (Phi) is 6.26. The zero-order valence-electron chi connectivity index (χ0n) is 26.8. The quantitative estimate of drug-likeness (QED) is 0.153. The Morgan fingerprint density at radius 1 is 0.340 bits per heavy atom. The Balaban J connectivity index is 1.10. The van der Waals surface area contributed by atoms with E-state index in [-0.39, 0.29) is 0 Å². The Bertz CT molecular complexity index is 2910. The Morgan fingerprint density at radius 3 is 1.58 bits per heavy atom. The molecule has 2 N–H and O–H groups in total. The zero-order valence-corrected chi connectivity index (χ0v) is 26.8. The first-order valence-corrected chi connectivity index (χ1v) is 16.6. The summed E-state index contributed by atoms with van der Waals surface area (Å²) in [5, 5.41) is 9.69. The summed E-state index contributed by atoms with van der Waals surface area (Å²) in [5.41, 5.74) is 13.4. The van der Waals surface area contributed by atoms with Gasteiger partial charge in [0.1, 0.15) is 11.2 Å². The normalized spacial score (nSPS) is 11.7. The molecule has 0 aliphatic rings. The van der Waals surface area contributed by atoms with Gasteiger partial charge >= 0.3 is 0 Å². The van der Waals surface area contributed by atoms with E-state index in [2.05, 4.69) is 97.1 Å². The SMILES string of the molecule is Nc1ccccc1-c1nc(-c2ccccc2)nc(-c2ccc3c(c2)oc2ccc(-c4ccc5c6ccccc6c6ccccc6c5c4)cc23)n1. The largest absolute Gasteiger partial charge is 0.456 e. The maximum absolute atomic E-state index is 6.44. The van der Waals surface area contributed by atoms with E-state index in [0.29, 0.717) is 23.2 Å². The maximum Gasteiger partial charge on any atom is 0.166 e. The van der Waals surface area contributed by atoms with E-state index in [1.165, 1.54) is 32.3 Å². The van der Waals surface area contributed by atoms with Gasteiger partial charge in [0, 0.05) is 33.2 Å². The van der Waals surface area contributed by atoms with Crippen LogP contribution >= 0.6 is 0 Å². The highest BCUT2D eigenvalue weighted by molar-refractivity contribution is 6.25. The Hall–Kier alpha value is -6.85. The van der Waals surface area contributed by atoms with Crippen LogP contribution in [0.25, 0.3) is 99.5 Å². The van der Waals surface area contributed by atoms with Crippen LogP contribution in [0.15, 0.2) is 162 Å². The molecule has 5 nitrogen and oxygen atoms in total. The first-order chi connectivity index (χ1) is 24.7. The summed E-state index contributed by atoms with van der Waals surface area (Å²) in [6.45, 7) is 0. The highest BCUT2D eigenvalue weighted by Crippen LogP contribution is 2.39. The van der Waals surface area contributed by atoms with Crippen LogP contribution in [-0.2, 0) is 0 Å². The molecule has 234 valence electrons. The third-order valence-electron chi connectivity index (χ3n) is 9.68. The van der Waals surface area contributed by atoms with Crippen LogP contribution in [0.2, 0.25) is 0 Å². The van der Waals surface area contributed by atoms with Gasteiger partial charge in [0.15, 0.2) is 17.5 Å². The van der Waals surface area contributed by atoms with Gasteiger partial charge < -0.3 is 10.2 Å². The summed E-state index contributed by atoms with van der Waals surface area (Å²) in [5.74, 6) is 1.66. The number of aromatic nitrogens is 3. The molecule has 0 radical (unpaired) electrons. The van der Waals surface area contributed by atoms with Crippen molar-refractivity contribution in [3.8, 4) is 45.3 Å². The minimum absolute atomic E-state index is 0.525. The first-order valence-electron chi connectivity index (χ1n) is 16.6. The number of benzene rings is 8. The average molecular weight is 641 g/mol. The van der Waals surface area contributed by atoms with Crippen molar-refractivity contribution in [2.75, 3.05) is 5.73 Å². The molecule has 0 saturated heterocycles. The van der Waals surface area contributed by atoms with Crippen LogP contribution in [0, 0.1) is 0 Å². The van der Waals surface area contributed by atoms with E-state index in [1.807, 2.05) is 60.7 Å². The fourth-order valence-electron chi connectivity index (χ4n) is 7.23. The molecule has 0 atom stereocenters. The van der Waals surface area contributed by atoms with Crippen LogP contribution in [0.3, 0.4) is 0 Å². The lowest BCUT2D eigenvalue weighted by Gasteiger charge is -2.12. The van der Waals surface area contributed by atoms with Crippen LogP contribution in [0.1, 0.15) is 0 Å². The predicted octanol–water partition coefficient (Wildman–Crippen LogP) is 11.5. The van der Waals surface area contributed by atoms with Crippen LogP contribution in [-0.4, -0.2) is 15.0 Å². The van der Waals surface area contributed by atoms with Crippen LogP contribution < -0.4 is 5.73 Å². The first kappa shape index (κ1) is 28.2. The summed E-state index contributed by atoms with van der Waals surface area (Å²) in [6.07, 6.45) is 0. The molecule has 50 heavy (non-hydrogen) atoms. The highest BCUT2D eigenvalue weighted by atomic mass is 16.3. The van der Waals surface area contributed by atoms with Gasteiger partial charge in [0.25, 0.3) is 0 Å². The summed E-state index contributed by atoms with van der Waals surface area (Å²) in [7, 11) is 0. The number of para-hydroxylation sites is 1. The average Bonchev–Trinajstić information content (AvgIpc) is 3.55. The number of hydrogen-bond acceptors (Lipinski definition) is 5. The molecular weight excluding hydrogens is 613 g/mol. The Morgan fingerprint density at radius 2 is 0.860 bits per heavy atom. The van der Waals surface area contributed by atoms with E-state index < -0.39 is 0 Å². The second kappa shape index (κ2) is 11.1. The van der Waals surface area contributed by atoms with E-state index in [1.54, 1.807) is 0 Å². The van der Waals surface area contributed by atoms with Crippen LogP contribution in [0.4, 0.5) is 5.69 Å². The molecule has 0 aliphatic heterocycles. The fraction of sp³-hybridized carbons (Fsp3) is 0. The second-order valence-electron chi connectivity index (χ2n) is 12.6. The van der Waals surface area contributed by atoms with Crippen molar-refractivity contribution < 1.29 is 4.42 Å². The monoisotopic (exact) mass is 640 g/mol. The molecule has 0 unspecified atom stereocenters. The molecule has 0 fully saturated rings. The molecule has 8 aromatic carbocycles. The van der Waals surface area contributed by atoms with Crippen molar-refractivity contribution >= 4 is 59.9 Å². The third-order valence-corrected chi connectivity index (χ3v) is 9.68. The van der Waals surface area contributed by atoms with Crippen molar-refractivity contribution in [3.05, 3.63) is 158 Å². The van der Waals surface area contributed by atoms with Gasteiger partial charge in [-0.25, -0.2) is 15.0 Å². The minimum atomic E-state index is 0.525. The minimum Gasteiger partial charge on any atom is -0.456 e. The Labute approximate surface area is 287 Å². The van der Waals surface area contributed by atoms with E-state index in [9.17, 15) is 0 Å². The van der Waals surface area contributed by atoms with Gasteiger partial charge in [-0.05, 0) is 85.9 Å². The summed E-state index contributed by atoms with van der Waals surface area (Å²) >= 11 is 0. The summed E-state index contributed by atoms with van der Waals surface area (Å²) in [6, 6.07) is 54.4. The summed E-state index contributed by atoms with van der Waals surface area (Å²) in [4.78, 5) is 14.6. The molecule has 0 spiro atoms. The van der Waals surface area contributed by atoms with Crippen molar-refractivity contribution in [3.63, 3.8) is 0 Å². The fourth-order valence-corrected chi connectivity index (χ4v) is 7.23. The molecule has 0 saturated carbocycles. The molecule has 10 rings (SSSR count). The van der Waals surface area contributed by atoms with Crippen molar-refractivity contribution in [1.29, 1.82) is 0 Å². The van der Waals surface area contributed by atoms with Gasteiger partial charge in [-0.15, -0.1) is 0 Å². The number of nitrogens with zero attached hydrogens (tertiary/aromatic N) is 3. The predicted molar refractivity (Wildman–Crippen MR) is 206 cm³/mol. The molecule has 0 amide bonds. The van der Waals surface area contributed by atoms with Crippen LogP contribution in [0.5, 0.6) is 0 Å². The standard InChI is InChI=1S/C45H28N4O/c46-40-17-9-8-16-37(40)45-48-43(27-10-2-1-3-11-27)47-44(49-45)30-19-22-36-39-25-29(20-23-41(39)50-42(36)26-30)28-18-21-35-33-14-5-4-12-31(33)32-13-6-7-15-34(32)38(35)24-28/h1-26H,46H2. The zero-order chi connectivity index (χ0) is 33.2. The van der Waals surface area contributed by atoms with Crippen molar-refractivity contribution in [1.82, 2.24) is 15.0 Å². The smallest absolute Gasteiger partial charge is 0.166 e. The maximum atomic E-state index is 6.44. The van der Waals surface area contributed by atoms with Gasteiger partial charge in [-0.2, -0.15) is 0 Å². The molecule has 5 heteroatoms. The number of nitrogen functional groups attached to an aromatic ring is 1. The number of nitrogens with two attached hydrogens (primary N) is 1. The summed E-state index contributed by atoms with van der Waals surface area (Å²) < 4.78 is 6.44. The number of hydrogen-bond donors (Lipinski definition) is 1. The number of fused-ring (bicyclic) bond motifs is 9. The number of rotatable bonds is 4. The lowest BCUT2D eigenvalue weighted by atomic mass is 9.92. The number of furan rings is 1. The van der Waals surface area contributed by atoms with Gasteiger partial charge in [-0.3, -0.25) is 0 Å². The van der Waals surface area contributed by atoms with Crippen molar-refractivity contribution in [2.24, 2.45) is 0 Å². The van der Waals surface area contributed by atoms with Gasteiger partial charge in [-0.1, -0.05) is 115 Å². The lowest BCUT2D eigenvalue weighted by molar-refractivity contribution is 0.669. The molecular formula is C45H28N4O. The second-order valence-corrected chi connectivity index (χ2v) is 12.6. The molecule has 0 aliphatic carbocycles. The topological polar surface area (TPSA) is 77.8 Å². The van der Waals surface area contributed by atoms with E-state index in [0.717, 1.165) is 49.8 Å². The van der Waals surface area contributed by atoms with Gasteiger partial charge in [0.2, 0.25) is 0 Å². The highest BCUT2D eigenvalue weighted by Gasteiger charge is 2.17. The lowest BCUT2D eigenvalue weighted by Crippen LogP contribution is -2.01.